The lowest BCUT2D eigenvalue weighted by Crippen LogP contribution is -3.12. The number of hydrogen-bond donors (Lipinski definition) is 3. The number of sulfonamides is 1. The zero-order valence-electron chi connectivity index (χ0n) is 14.9. The summed E-state index contributed by atoms with van der Waals surface area (Å²) >= 11 is 5.89. The van der Waals surface area contributed by atoms with Gasteiger partial charge in [0.2, 0.25) is 0 Å². The molecule has 0 bridgehead atoms. The Kier molecular flexibility index (Phi) is 6.01. The minimum atomic E-state index is -3.83. The number of carbonyl (C=O) groups is 1. The fourth-order valence-corrected chi connectivity index (χ4v) is 4.06. The summed E-state index contributed by atoms with van der Waals surface area (Å²) in [4.78, 5) is 13.9. The number of anilines is 1. The van der Waals surface area contributed by atoms with Crippen LogP contribution in [-0.2, 0) is 10.0 Å². The van der Waals surface area contributed by atoms with Crippen LogP contribution in [0.4, 0.5) is 5.69 Å². The average Bonchev–Trinajstić information content (AvgIpc) is 2.63. The van der Waals surface area contributed by atoms with Crippen molar-refractivity contribution in [1.29, 1.82) is 0 Å². The van der Waals surface area contributed by atoms with Crippen LogP contribution in [0.3, 0.4) is 0 Å². The Labute approximate surface area is 163 Å². The van der Waals surface area contributed by atoms with E-state index in [1.807, 2.05) is 5.01 Å². The lowest BCUT2D eigenvalue weighted by molar-refractivity contribution is -0.884. The van der Waals surface area contributed by atoms with E-state index in [-0.39, 0.29) is 16.4 Å². The molecule has 1 fully saturated rings. The normalized spacial score (nSPS) is 16.1. The first-order valence-electron chi connectivity index (χ1n) is 8.59. The van der Waals surface area contributed by atoms with Gasteiger partial charge < -0.3 is 4.90 Å². The van der Waals surface area contributed by atoms with Crippen molar-refractivity contribution in [1.82, 2.24) is 10.4 Å². The van der Waals surface area contributed by atoms with Crippen molar-refractivity contribution in [2.75, 3.05) is 37.9 Å². The summed E-state index contributed by atoms with van der Waals surface area (Å²) in [6.07, 6.45) is 0. The monoisotopic (exact) mass is 409 g/mol. The highest BCUT2D eigenvalue weighted by atomic mass is 35.5. The number of quaternary nitrogens is 1. The van der Waals surface area contributed by atoms with Gasteiger partial charge in [-0.2, -0.15) is 0 Å². The minimum Gasteiger partial charge on any atom is -0.335 e. The van der Waals surface area contributed by atoms with Gasteiger partial charge in [-0.3, -0.25) is 14.9 Å². The SMILES string of the molecule is C[NH+]1CCN(NC(=O)c2cccc(S(=O)(=O)Nc3cccc(Cl)c3)c2)CC1. The van der Waals surface area contributed by atoms with Crippen LogP contribution in [0.2, 0.25) is 5.02 Å². The molecular weight excluding hydrogens is 388 g/mol. The second-order valence-electron chi connectivity index (χ2n) is 6.53. The topological polar surface area (TPSA) is 83.0 Å². The first kappa shape index (κ1) is 19.6. The van der Waals surface area contributed by atoms with E-state index in [1.165, 1.54) is 23.1 Å². The van der Waals surface area contributed by atoms with Crippen LogP contribution in [-0.4, -0.2) is 52.6 Å². The molecule has 1 amide bonds. The number of nitrogens with one attached hydrogen (secondary N) is 3. The van der Waals surface area contributed by atoms with Gasteiger partial charge in [0, 0.05) is 10.6 Å². The fourth-order valence-electron chi connectivity index (χ4n) is 2.78. The van der Waals surface area contributed by atoms with Gasteiger partial charge in [0.1, 0.15) is 0 Å². The second-order valence-corrected chi connectivity index (χ2v) is 8.65. The predicted molar refractivity (Wildman–Crippen MR) is 104 cm³/mol. The molecule has 1 saturated heterocycles. The first-order valence-corrected chi connectivity index (χ1v) is 10.5. The van der Waals surface area contributed by atoms with Crippen molar-refractivity contribution in [3.8, 4) is 0 Å². The number of nitrogens with zero attached hydrogens (tertiary/aromatic N) is 1. The number of halogens is 1. The number of piperazine rings is 1. The summed E-state index contributed by atoms with van der Waals surface area (Å²) in [5, 5.41) is 2.29. The van der Waals surface area contributed by atoms with Crippen LogP contribution < -0.4 is 15.0 Å². The molecule has 2 aromatic rings. The number of carbonyl (C=O) groups excluding carboxylic acids is 1. The molecule has 0 radical (unpaired) electrons. The number of benzene rings is 2. The molecule has 0 unspecified atom stereocenters. The number of amides is 1. The van der Waals surface area contributed by atoms with E-state index in [2.05, 4.69) is 17.2 Å². The average molecular weight is 410 g/mol. The van der Waals surface area contributed by atoms with Crippen LogP contribution in [0.15, 0.2) is 53.4 Å². The maximum absolute atomic E-state index is 12.6. The van der Waals surface area contributed by atoms with E-state index in [1.54, 1.807) is 30.3 Å². The van der Waals surface area contributed by atoms with Crippen molar-refractivity contribution >= 4 is 33.2 Å². The summed E-state index contributed by atoms with van der Waals surface area (Å²) in [5.41, 5.74) is 3.49. The van der Waals surface area contributed by atoms with Crippen molar-refractivity contribution in [2.24, 2.45) is 0 Å². The van der Waals surface area contributed by atoms with Gasteiger partial charge in [0.25, 0.3) is 15.9 Å². The van der Waals surface area contributed by atoms with Gasteiger partial charge in [0.05, 0.1) is 43.8 Å². The molecule has 1 aliphatic rings. The Morgan fingerprint density at radius 1 is 1.11 bits per heavy atom. The van der Waals surface area contributed by atoms with E-state index in [4.69, 9.17) is 11.6 Å². The third kappa shape index (κ3) is 5.20. The highest BCUT2D eigenvalue weighted by Crippen LogP contribution is 2.20. The third-order valence-corrected chi connectivity index (χ3v) is 5.97. The van der Waals surface area contributed by atoms with Gasteiger partial charge in [-0.1, -0.05) is 23.7 Å². The number of hydrogen-bond acceptors (Lipinski definition) is 4. The molecule has 3 N–H and O–H groups in total. The molecule has 3 rings (SSSR count). The third-order valence-electron chi connectivity index (χ3n) is 4.36. The summed E-state index contributed by atoms with van der Waals surface area (Å²) in [6.45, 7) is 3.40. The van der Waals surface area contributed by atoms with Gasteiger partial charge in [0.15, 0.2) is 0 Å². The quantitative estimate of drug-likeness (QED) is 0.676. The summed E-state index contributed by atoms with van der Waals surface area (Å²) < 4.78 is 27.7. The van der Waals surface area contributed by atoms with E-state index in [9.17, 15) is 13.2 Å². The highest BCUT2D eigenvalue weighted by Gasteiger charge is 2.20. The Balaban J connectivity index is 1.73. The van der Waals surface area contributed by atoms with Crippen LogP contribution >= 0.6 is 11.6 Å². The molecule has 0 spiro atoms. The molecule has 0 aliphatic carbocycles. The summed E-state index contributed by atoms with van der Waals surface area (Å²) in [7, 11) is -1.72. The molecular formula is C18H22ClN4O3S+. The molecule has 1 heterocycles. The fraction of sp³-hybridized carbons (Fsp3) is 0.278. The van der Waals surface area contributed by atoms with Crippen LogP contribution in [0.1, 0.15) is 10.4 Å². The summed E-state index contributed by atoms with van der Waals surface area (Å²) in [5.74, 6) is -0.325. The Morgan fingerprint density at radius 2 is 1.81 bits per heavy atom. The number of rotatable bonds is 5. The van der Waals surface area contributed by atoms with Gasteiger partial charge >= 0.3 is 0 Å². The van der Waals surface area contributed by atoms with E-state index >= 15 is 0 Å². The van der Waals surface area contributed by atoms with Crippen LogP contribution in [0.25, 0.3) is 0 Å². The van der Waals surface area contributed by atoms with Gasteiger partial charge in [-0.15, -0.1) is 0 Å². The maximum Gasteiger partial charge on any atom is 0.265 e. The Bertz CT molecular complexity index is 928. The lowest BCUT2D eigenvalue weighted by Gasteiger charge is -2.30. The zero-order chi connectivity index (χ0) is 19.4. The van der Waals surface area contributed by atoms with Crippen LogP contribution in [0.5, 0.6) is 0 Å². The van der Waals surface area contributed by atoms with Gasteiger partial charge in [-0.25, -0.2) is 13.4 Å². The molecule has 0 saturated carbocycles. The highest BCUT2D eigenvalue weighted by molar-refractivity contribution is 7.92. The molecule has 0 aromatic heterocycles. The van der Waals surface area contributed by atoms with Crippen molar-refractivity contribution in [2.45, 2.75) is 4.90 Å². The molecule has 2 aromatic carbocycles. The van der Waals surface area contributed by atoms with E-state index in [0.29, 0.717) is 10.7 Å². The maximum atomic E-state index is 12.6. The largest absolute Gasteiger partial charge is 0.335 e. The smallest absolute Gasteiger partial charge is 0.265 e. The standard InChI is InChI=1S/C18H21ClN4O3S/c1-22-8-10-23(11-9-22)20-18(24)14-4-2-7-17(12-14)27(25,26)21-16-6-3-5-15(19)13-16/h2-7,12-13,21H,8-11H2,1H3,(H,20,24)/p+1. The molecule has 27 heavy (non-hydrogen) atoms. The first-order chi connectivity index (χ1) is 12.8. The van der Waals surface area contributed by atoms with Crippen molar-refractivity contribution in [3.63, 3.8) is 0 Å². The van der Waals surface area contributed by atoms with Crippen LogP contribution in [0, 0.1) is 0 Å². The molecule has 1 aliphatic heterocycles. The molecule has 0 atom stereocenters. The molecule has 7 nitrogen and oxygen atoms in total. The predicted octanol–water partition coefficient (Wildman–Crippen LogP) is 0.616. The zero-order valence-corrected chi connectivity index (χ0v) is 16.5. The minimum absolute atomic E-state index is 0.0120. The second kappa shape index (κ2) is 8.26. The van der Waals surface area contributed by atoms with E-state index in [0.717, 1.165) is 26.2 Å². The molecule has 9 heteroatoms. The van der Waals surface area contributed by atoms with Crippen molar-refractivity contribution in [3.05, 3.63) is 59.1 Å². The number of likely N-dealkylation sites (N-methyl/N-ethyl adjacent to an activating group) is 1. The van der Waals surface area contributed by atoms with E-state index < -0.39 is 10.0 Å². The number of hydrazine groups is 1. The van der Waals surface area contributed by atoms with Gasteiger partial charge in [-0.05, 0) is 36.4 Å². The summed E-state index contributed by atoms with van der Waals surface area (Å²) in [6, 6.07) is 12.4. The molecule has 144 valence electrons. The Hall–Kier alpha value is -2.13. The lowest BCUT2D eigenvalue weighted by atomic mass is 10.2. The Morgan fingerprint density at radius 3 is 2.52 bits per heavy atom. The van der Waals surface area contributed by atoms with Crippen molar-refractivity contribution < 1.29 is 18.1 Å².